The van der Waals surface area contributed by atoms with Gasteiger partial charge in [0.1, 0.15) is 0 Å². The van der Waals surface area contributed by atoms with Gasteiger partial charge in [0.15, 0.2) is 0 Å². The zero-order chi connectivity index (χ0) is 5.21. The zero-order valence-corrected chi connectivity index (χ0v) is 4.12. The molecule has 0 amide bonds. The molecule has 4 nitrogen and oxygen atoms in total. The second-order valence-corrected chi connectivity index (χ2v) is 2.12. The van der Waals surface area contributed by atoms with Crippen molar-refractivity contribution in [2.24, 2.45) is 0 Å². The van der Waals surface area contributed by atoms with Gasteiger partial charge in [-0.2, -0.15) is 8.42 Å². The highest BCUT2D eigenvalue weighted by Gasteiger charge is 1.93. The van der Waals surface area contributed by atoms with Crippen LogP contribution in [0.2, 0.25) is 0 Å². The molecule has 0 rings (SSSR count). The number of hydrogen-bond acceptors (Lipinski definition) is 2. The predicted molar refractivity (Wildman–Crippen MR) is 20.5 cm³/mol. The van der Waals surface area contributed by atoms with Crippen LogP contribution >= 0.6 is 11.8 Å². The number of rotatable bonds is 1. The van der Waals surface area contributed by atoms with Crippen LogP contribution in [0, 0.1) is 0 Å². The van der Waals surface area contributed by atoms with E-state index in [-0.39, 0.29) is 0 Å². The van der Waals surface area contributed by atoms with Gasteiger partial charge in [0.2, 0.25) is 0 Å². The van der Waals surface area contributed by atoms with Crippen LogP contribution in [0.5, 0.6) is 0 Å². The van der Waals surface area contributed by atoms with E-state index in [1.54, 1.807) is 0 Å². The van der Waals surface area contributed by atoms with Gasteiger partial charge in [0.05, 0.1) is 0 Å². The first-order chi connectivity index (χ1) is 2.56. The van der Waals surface area contributed by atoms with Crippen LogP contribution < -0.4 is 4.24 Å². The van der Waals surface area contributed by atoms with Crippen molar-refractivity contribution < 1.29 is 13.0 Å². The fraction of sp³-hybridized carbons (Fsp3) is 0. The van der Waals surface area contributed by atoms with E-state index in [9.17, 15) is 8.42 Å². The van der Waals surface area contributed by atoms with Crippen molar-refractivity contribution in [1.82, 2.24) is 4.24 Å². The van der Waals surface area contributed by atoms with Crippen LogP contribution in [0.1, 0.15) is 0 Å². The summed E-state index contributed by atoms with van der Waals surface area (Å²) in [5.41, 5.74) is 0. The maximum atomic E-state index is 9.31. The molecule has 0 aromatic carbocycles. The summed E-state index contributed by atoms with van der Waals surface area (Å²) in [5, 5.41) is 0. The lowest BCUT2D eigenvalue weighted by molar-refractivity contribution is 0.480. The molecule has 0 aromatic heterocycles. The minimum Gasteiger partial charge on any atom is -0.273 e. The van der Waals surface area contributed by atoms with Crippen molar-refractivity contribution in [1.29, 1.82) is 0 Å². The van der Waals surface area contributed by atoms with E-state index >= 15 is 0 Å². The Labute approximate surface area is 40.1 Å². The molecule has 0 saturated heterocycles. The van der Waals surface area contributed by atoms with Gasteiger partial charge >= 0.3 is 10.3 Å². The van der Waals surface area contributed by atoms with E-state index in [4.69, 9.17) is 4.55 Å². The summed E-state index contributed by atoms with van der Waals surface area (Å²) in [7, 11) is -4.15. The third-order valence-electron chi connectivity index (χ3n) is 0.0975. The average molecular weight is 132 g/mol. The molecule has 0 fully saturated rings. The highest BCUT2D eigenvalue weighted by molar-refractivity contribution is 7.84. The molecule has 0 aliphatic carbocycles. The third kappa shape index (κ3) is 4.16. The van der Waals surface area contributed by atoms with E-state index in [2.05, 4.69) is 11.8 Å². The molecular formula is H2ClNO3S. The van der Waals surface area contributed by atoms with Crippen molar-refractivity contribution in [3.63, 3.8) is 0 Å². The molecule has 2 N–H and O–H groups in total. The van der Waals surface area contributed by atoms with Crippen molar-refractivity contribution in [3.05, 3.63) is 0 Å². The van der Waals surface area contributed by atoms with Gasteiger partial charge in [0, 0.05) is 0 Å². The van der Waals surface area contributed by atoms with Gasteiger partial charge in [-0.25, -0.2) is 0 Å². The molecule has 6 heavy (non-hydrogen) atoms. The van der Waals surface area contributed by atoms with Crippen molar-refractivity contribution in [2.45, 2.75) is 0 Å². The Morgan fingerprint density at radius 3 is 1.83 bits per heavy atom. The second kappa shape index (κ2) is 1.74. The lowest BCUT2D eigenvalue weighted by Crippen LogP contribution is -2.09. The van der Waals surface area contributed by atoms with Crippen LogP contribution in [0.25, 0.3) is 0 Å². The first-order valence-corrected chi connectivity index (χ1v) is 2.73. The zero-order valence-electron chi connectivity index (χ0n) is 2.55. The average Bonchev–Trinajstić information content (AvgIpc) is 1.35. The van der Waals surface area contributed by atoms with Gasteiger partial charge in [0.25, 0.3) is 0 Å². The van der Waals surface area contributed by atoms with E-state index < -0.39 is 10.3 Å². The Hall–Kier alpha value is 0.160. The Bertz CT molecular complexity index is 113. The molecule has 0 aliphatic rings. The van der Waals surface area contributed by atoms with E-state index in [1.807, 2.05) is 0 Å². The number of nitrogens with one attached hydrogen (secondary N) is 1. The summed E-state index contributed by atoms with van der Waals surface area (Å²) in [6.07, 6.45) is 0. The summed E-state index contributed by atoms with van der Waals surface area (Å²) < 4.78 is 27.3. The lowest BCUT2D eigenvalue weighted by Gasteiger charge is -1.80. The molecule has 0 radical (unpaired) electrons. The summed E-state index contributed by atoms with van der Waals surface area (Å²) in [6, 6.07) is 0. The van der Waals surface area contributed by atoms with Crippen LogP contribution in [0.4, 0.5) is 0 Å². The Balaban J connectivity index is 3.85. The quantitative estimate of drug-likeness (QED) is 0.374. The molecule has 0 aliphatic heterocycles. The van der Waals surface area contributed by atoms with Crippen molar-refractivity contribution in [2.75, 3.05) is 0 Å². The first-order valence-electron chi connectivity index (χ1n) is 0.909. The topological polar surface area (TPSA) is 66.4 Å². The Morgan fingerprint density at radius 1 is 1.67 bits per heavy atom. The SMILES string of the molecule is O=S(=O)(O)NCl. The molecule has 38 valence electrons. The summed E-state index contributed by atoms with van der Waals surface area (Å²) >= 11 is 4.39. The number of halogens is 1. The van der Waals surface area contributed by atoms with Crippen molar-refractivity contribution >= 4 is 22.1 Å². The van der Waals surface area contributed by atoms with Gasteiger partial charge in [-0.3, -0.25) is 4.55 Å². The van der Waals surface area contributed by atoms with Gasteiger partial charge < -0.3 is 0 Å². The normalized spacial score (nSPS) is 11.7. The lowest BCUT2D eigenvalue weighted by atomic mass is 13.9. The molecule has 0 heterocycles. The highest BCUT2D eigenvalue weighted by Crippen LogP contribution is 1.70. The molecular weight excluding hydrogens is 130 g/mol. The fourth-order valence-electron chi connectivity index (χ4n) is 0. The molecule has 6 heteroatoms. The van der Waals surface area contributed by atoms with Gasteiger partial charge in [-0.15, -0.1) is 4.24 Å². The standard InChI is InChI=1S/ClH2NO3S/c1-2-6(3,4)5/h2H,(H,3,4,5). The third-order valence-corrected chi connectivity index (χ3v) is 0.877. The maximum Gasteiger partial charge on any atom is 0.346 e. The van der Waals surface area contributed by atoms with E-state index in [1.165, 1.54) is 0 Å². The van der Waals surface area contributed by atoms with E-state index in [0.29, 0.717) is 0 Å². The van der Waals surface area contributed by atoms with Gasteiger partial charge in [-0.1, -0.05) is 0 Å². The number of hydrogen-bond donors (Lipinski definition) is 2. The summed E-state index contributed by atoms with van der Waals surface area (Å²) in [4.78, 5) is 0. The second-order valence-electron chi connectivity index (χ2n) is 0.552. The molecule has 0 unspecified atom stereocenters. The van der Waals surface area contributed by atoms with Crippen LogP contribution in [0.15, 0.2) is 0 Å². The smallest absolute Gasteiger partial charge is 0.273 e. The fourth-order valence-corrected chi connectivity index (χ4v) is 0. The first kappa shape index (κ1) is 6.16. The maximum absolute atomic E-state index is 9.31. The monoisotopic (exact) mass is 131 g/mol. The Morgan fingerprint density at radius 2 is 1.83 bits per heavy atom. The molecule has 0 aromatic rings. The molecule has 0 spiro atoms. The predicted octanol–water partition coefficient (Wildman–Crippen LogP) is -0.467. The van der Waals surface area contributed by atoms with Crippen molar-refractivity contribution in [3.8, 4) is 0 Å². The molecule has 0 saturated carbocycles. The largest absolute Gasteiger partial charge is 0.346 e. The van der Waals surface area contributed by atoms with E-state index in [0.717, 1.165) is 4.24 Å². The summed E-state index contributed by atoms with van der Waals surface area (Å²) in [5.74, 6) is 0. The van der Waals surface area contributed by atoms with Crippen LogP contribution in [-0.2, 0) is 10.3 Å². The summed E-state index contributed by atoms with van der Waals surface area (Å²) in [6.45, 7) is 0. The Kier molecular flexibility index (Phi) is 1.79. The van der Waals surface area contributed by atoms with Crippen LogP contribution in [-0.4, -0.2) is 13.0 Å². The van der Waals surface area contributed by atoms with Gasteiger partial charge in [-0.05, 0) is 11.8 Å². The highest BCUT2D eigenvalue weighted by atomic mass is 35.5. The molecule has 0 bridgehead atoms. The minimum atomic E-state index is -4.15. The molecule has 0 atom stereocenters. The van der Waals surface area contributed by atoms with Crippen LogP contribution in [0.3, 0.4) is 0 Å². The minimum absolute atomic E-state index is 1.10.